The molecule has 0 bridgehead atoms. The summed E-state index contributed by atoms with van der Waals surface area (Å²) in [5.41, 5.74) is 6.65. The van der Waals surface area contributed by atoms with Crippen LogP contribution >= 0.6 is 0 Å². The van der Waals surface area contributed by atoms with Crippen LogP contribution in [0.5, 0.6) is 0 Å². The molecule has 0 heterocycles. The predicted octanol–water partition coefficient (Wildman–Crippen LogP) is 1.66. The predicted molar refractivity (Wildman–Crippen MR) is 62.1 cm³/mol. The van der Waals surface area contributed by atoms with Crippen LogP contribution in [0.1, 0.15) is 15.9 Å². The number of carbonyl (C=O) groups excluding carboxylic acids is 1. The number of nitrogens with two attached hydrogens (primary N) is 1. The summed E-state index contributed by atoms with van der Waals surface area (Å²) in [4.78, 5) is 13.0. The highest BCUT2D eigenvalue weighted by Crippen LogP contribution is 2.09. The number of hydrogen-bond donors (Lipinski definition) is 1. The number of aryl methyl sites for hydroxylation is 1. The maximum atomic E-state index is 12.3. The van der Waals surface area contributed by atoms with Crippen LogP contribution in [0.25, 0.3) is 0 Å². The normalized spacial score (nSPS) is 10.6. The number of amides is 1. The minimum Gasteiger partial charge on any atom is -0.332 e. The first-order valence-electron chi connectivity index (χ1n) is 5.38. The Bertz CT molecular complexity index is 383. The van der Waals surface area contributed by atoms with E-state index < -0.39 is 18.9 Å². The third kappa shape index (κ3) is 4.11. The minimum absolute atomic E-state index is 0.136. The second-order valence-electron chi connectivity index (χ2n) is 3.80. The Kier molecular flexibility index (Phi) is 5.03. The Balaban J connectivity index is 2.83. The lowest BCUT2D eigenvalue weighted by atomic mass is 10.1. The van der Waals surface area contributed by atoms with E-state index in [9.17, 15) is 13.6 Å². The summed E-state index contributed by atoms with van der Waals surface area (Å²) in [6.07, 6.45) is -2.55. The van der Waals surface area contributed by atoms with Crippen LogP contribution < -0.4 is 5.73 Å². The molecule has 0 aliphatic rings. The molecule has 0 saturated carbocycles. The van der Waals surface area contributed by atoms with Gasteiger partial charge in [0.05, 0.1) is 6.54 Å². The summed E-state index contributed by atoms with van der Waals surface area (Å²) in [5, 5.41) is 0. The molecule has 0 saturated heterocycles. The van der Waals surface area contributed by atoms with Gasteiger partial charge in [0.25, 0.3) is 12.3 Å². The van der Waals surface area contributed by atoms with E-state index in [0.29, 0.717) is 5.56 Å². The van der Waals surface area contributed by atoms with Crippen LogP contribution in [-0.2, 0) is 0 Å². The molecule has 2 N–H and O–H groups in total. The second-order valence-corrected chi connectivity index (χ2v) is 3.80. The van der Waals surface area contributed by atoms with Gasteiger partial charge in [-0.15, -0.1) is 0 Å². The molecular weight excluding hydrogens is 226 g/mol. The van der Waals surface area contributed by atoms with Gasteiger partial charge >= 0.3 is 0 Å². The van der Waals surface area contributed by atoms with Crippen LogP contribution in [0.4, 0.5) is 8.78 Å². The molecule has 5 heteroatoms. The number of rotatable bonds is 5. The monoisotopic (exact) mass is 242 g/mol. The van der Waals surface area contributed by atoms with Gasteiger partial charge in [-0.1, -0.05) is 17.7 Å². The second kappa shape index (κ2) is 6.30. The van der Waals surface area contributed by atoms with Crippen LogP contribution in [0, 0.1) is 6.92 Å². The van der Waals surface area contributed by atoms with Crippen LogP contribution in [0.15, 0.2) is 24.3 Å². The number of benzene rings is 1. The van der Waals surface area contributed by atoms with Gasteiger partial charge in [0.2, 0.25) is 0 Å². The first kappa shape index (κ1) is 13.6. The van der Waals surface area contributed by atoms with Crippen molar-refractivity contribution in [2.75, 3.05) is 19.6 Å². The zero-order valence-electron chi connectivity index (χ0n) is 9.70. The SMILES string of the molecule is Cc1cccc(C(=O)N(CCN)CC(F)F)c1. The standard InChI is InChI=1S/C12H16F2N2O/c1-9-3-2-4-10(7-9)12(17)16(6-5-15)8-11(13)14/h2-4,7,11H,5-6,8,15H2,1H3. The molecule has 1 aromatic carbocycles. The van der Waals surface area contributed by atoms with E-state index in [4.69, 9.17) is 5.73 Å². The molecule has 1 aromatic rings. The van der Waals surface area contributed by atoms with Crippen molar-refractivity contribution in [1.82, 2.24) is 4.90 Å². The molecule has 0 spiro atoms. The van der Waals surface area contributed by atoms with Gasteiger partial charge in [0.15, 0.2) is 0 Å². The molecule has 0 atom stereocenters. The molecule has 17 heavy (non-hydrogen) atoms. The first-order chi connectivity index (χ1) is 8.04. The van der Waals surface area contributed by atoms with Crippen molar-refractivity contribution in [3.8, 4) is 0 Å². The molecule has 94 valence electrons. The molecule has 0 unspecified atom stereocenters. The molecule has 0 fully saturated rings. The number of hydrogen-bond acceptors (Lipinski definition) is 2. The van der Waals surface area contributed by atoms with Crippen molar-refractivity contribution in [3.05, 3.63) is 35.4 Å². The lowest BCUT2D eigenvalue weighted by Crippen LogP contribution is -2.38. The van der Waals surface area contributed by atoms with Gasteiger partial charge < -0.3 is 10.6 Å². The third-order valence-corrected chi connectivity index (χ3v) is 2.31. The van der Waals surface area contributed by atoms with E-state index in [2.05, 4.69) is 0 Å². The zero-order valence-corrected chi connectivity index (χ0v) is 9.70. The van der Waals surface area contributed by atoms with Crippen molar-refractivity contribution in [3.63, 3.8) is 0 Å². The Morgan fingerprint density at radius 1 is 1.47 bits per heavy atom. The fourth-order valence-corrected chi connectivity index (χ4v) is 1.56. The fraction of sp³-hybridized carbons (Fsp3) is 0.417. The largest absolute Gasteiger partial charge is 0.332 e. The van der Waals surface area contributed by atoms with E-state index in [1.165, 1.54) is 0 Å². The lowest BCUT2D eigenvalue weighted by Gasteiger charge is -2.21. The quantitative estimate of drug-likeness (QED) is 0.853. The average molecular weight is 242 g/mol. The van der Waals surface area contributed by atoms with E-state index in [1.54, 1.807) is 18.2 Å². The van der Waals surface area contributed by atoms with E-state index in [-0.39, 0.29) is 13.1 Å². The highest BCUT2D eigenvalue weighted by Gasteiger charge is 2.18. The Labute approximate surface area is 99.2 Å². The highest BCUT2D eigenvalue weighted by atomic mass is 19.3. The maximum absolute atomic E-state index is 12.3. The fourth-order valence-electron chi connectivity index (χ4n) is 1.56. The Morgan fingerprint density at radius 2 is 2.18 bits per heavy atom. The van der Waals surface area contributed by atoms with Crippen molar-refractivity contribution >= 4 is 5.91 Å². The first-order valence-corrected chi connectivity index (χ1v) is 5.38. The molecule has 3 nitrogen and oxygen atoms in total. The zero-order chi connectivity index (χ0) is 12.8. The summed E-state index contributed by atoms with van der Waals surface area (Å²) >= 11 is 0. The number of carbonyl (C=O) groups is 1. The lowest BCUT2D eigenvalue weighted by molar-refractivity contribution is 0.0563. The van der Waals surface area contributed by atoms with Crippen molar-refractivity contribution in [2.45, 2.75) is 13.3 Å². The van der Waals surface area contributed by atoms with Gasteiger partial charge in [0.1, 0.15) is 0 Å². The van der Waals surface area contributed by atoms with E-state index in [1.807, 2.05) is 13.0 Å². The summed E-state index contributed by atoms with van der Waals surface area (Å²) in [7, 11) is 0. The summed E-state index contributed by atoms with van der Waals surface area (Å²) in [6, 6.07) is 6.87. The van der Waals surface area contributed by atoms with Crippen molar-refractivity contribution in [1.29, 1.82) is 0 Å². The third-order valence-electron chi connectivity index (χ3n) is 2.31. The Morgan fingerprint density at radius 3 is 2.71 bits per heavy atom. The van der Waals surface area contributed by atoms with Crippen LogP contribution in [0.2, 0.25) is 0 Å². The molecule has 0 aromatic heterocycles. The Hall–Kier alpha value is -1.49. The topological polar surface area (TPSA) is 46.3 Å². The average Bonchev–Trinajstić information content (AvgIpc) is 2.27. The molecule has 1 amide bonds. The van der Waals surface area contributed by atoms with E-state index >= 15 is 0 Å². The molecule has 1 rings (SSSR count). The van der Waals surface area contributed by atoms with Gasteiger partial charge in [0, 0.05) is 18.7 Å². The van der Waals surface area contributed by atoms with Gasteiger partial charge in [-0.05, 0) is 19.1 Å². The number of alkyl halides is 2. The van der Waals surface area contributed by atoms with Crippen LogP contribution in [0.3, 0.4) is 0 Å². The number of nitrogens with zero attached hydrogens (tertiary/aromatic N) is 1. The van der Waals surface area contributed by atoms with Gasteiger partial charge in [-0.3, -0.25) is 4.79 Å². The van der Waals surface area contributed by atoms with Crippen molar-refractivity contribution < 1.29 is 13.6 Å². The smallest absolute Gasteiger partial charge is 0.255 e. The number of halogens is 2. The summed E-state index contributed by atoms with van der Waals surface area (Å²) in [6.45, 7) is 1.57. The highest BCUT2D eigenvalue weighted by molar-refractivity contribution is 5.94. The summed E-state index contributed by atoms with van der Waals surface area (Å²) < 4.78 is 24.7. The maximum Gasteiger partial charge on any atom is 0.255 e. The molecule has 0 aliphatic carbocycles. The van der Waals surface area contributed by atoms with E-state index in [0.717, 1.165) is 10.5 Å². The molecular formula is C12H16F2N2O. The minimum atomic E-state index is -2.55. The van der Waals surface area contributed by atoms with Gasteiger partial charge in [-0.2, -0.15) is 0 Å². The van der Waals surface area contributed by atoms with Crippen molar-refractivity contribution in [2.24, 2.45) is 5.73 Å². The van der Waals surface area contributed by atoms with Gasteiger partial charge in [-0.25, -0.2) is 8.78 Å². The van der Waals surface area contributed by atoms with Crippen LogP contribution in [-0.4, -0.2) is 36.9 Å². The summed E-state index contributed by atoms with van der Waals surface area (Å²) in [5.74, 6) is -0.403. The molecule has 0 radical (unpaired) electrons. The molecule has 0 aliphatic heterocycles.